The van der Waals surface area contributed by atoms with E-state index >= 15 is 0 Å². The van der Waals surface area contributed by atoms with Crippen molar-refractivity contribution in [2.45, 2.75) is 71.1 Å². The summed E-state index contributed by atoms with van der Waals surface area (Å²) in [6, 6.07) is 22.6. The molecule has 1 fully saturated rings. The van der Waals surface area contributed by atoms with Gasteiger partial charge < -0.3 is 0 Å². The number of fused-ring (bicyclic) bond motifs is 1. The lowest BCUT2D eigenvalue weighted by Gasteiger charge is -2.26. The Morgan fingerprint density at radius 2 is 1.53 bits per heavy atom. The molecule has 5 rings (SSSR count). The minimum Gasteiger partial charge on any atom is -0.294 e. The smallest absolute Gasteiger partial charge is 0.163 e. The number of aryl methyl sites for hydroxylation is 2. The average Bonchev–Trinajstić information content (AvgIpc) is 2.84. The first-order valence-electron chi connectivity index (χ1n) is 13.0. The summed E-state index contributed by atoms with van der Waals surface area (Å²) in [6.07, 6.45) is 10.8. The van der Waals surface area contributed by atoms with Gasteiger partial charge in [0, 0.05) is 0 Å². The minimum absolute atomic E-state index is 0.100. The number of rotatable bonds is 5. The molecule has 2 aliphatic carbocycles. The minimum atomic E-state index is -0.100. The predicted octanol–water partition coefficient (Wildman–Crippen LogP) is 8.11. The monoisotopic (exact) mass is 448 g/mol. The molecule has 1 atom stereocenters. The number of hydrogen-bond acceptors (Lipinski definition) is 1. The highest BCUT2D eigenvalue weighted by atomic mass is 16.1. The molecule has 1 unspecified atom stereocenters. The van der Waals surface area contributed by atoms with Gasteiger partial charge in [0.05, 0.1) is 5.92 Å². The summed E-state index contributed by atoms with van der Waals surface area (Å²) in [5.74, 6) is 1.74. The van der Waals surface area contributed by atoms with Crippen molar-refractivity contribution in [2.75, 3.05) is 0 Å². The molecule has 0 radical (unpaired) electrons. The molecule has 0 aliphatic heterocycles. The Balaban J connectivity index is 1.35. The molecule has 34 heavy (non-hydrogen) atoms. The predicted molar refractivity (Wildman–Crippen MR) is 142 cm³/mol. The van der Waals surface area contributed by atoms with Gasteiger partial charge in [-0.1, -0.05) is 92.1 Å². The molecule has 3 aromatic carbocycles. The van der Waals surface area contributed by atoms with E-state index in [1.165, 1.54) is 70.2 Å². The fourth-order valence-electron chi connectivity index (χ4n) is 5.82. The van der Waals surface area contributed by atoms with Crippen LogP contribution in [-0.4, -0.2) is 5.78 Å². The van der Waals surface area contributed by atoms with E-state index in [4.69, 9.17) is 0 Å². The van der Waals surface area contributed by atoms with Gasteiger partial charge in [-0.15, -0.1) is 0 Å². The SMILES string of the molecule is Cc1ccc(C)c(CC2C(=O)C=Cc3ccc(Cc4ccc(C5CCC(C)CC5)cc4)cc32)c1. The fraction of sp³-hybridized carbons (Fsp3) is 0.364. The van der Waals surface area contributed by atoms with Crippen molar-refractivity contribution in [3.63, 3.8) is 0 Å². The van der Waals surface area contributed by atoms with Crippen LogP contribution in [0.2, 0.25) is 0 Å². The van der Waals surface area contributed by atoms with Gasteiger partial charge in [-0.3, -0.25) is 4.79 Å². The standard InChI is InChI=1S/C33H36O/c1-22-5-11-27(12-6-22)28-13-8-25(9-14-28)19-26-10-15-29-16-17-33(34)32(31(29)20-26)21-30-18-23(2)4-7-24(30)3/h4,7-10,13-18,20,22,27,32H,5-6,11-12,19,21H2,1-3H3. The molecule has 1 saturated carbocycles. The van der Waals surface area contributed by atoms with E-state index in [0.29, 0.717) is 0 Å². The summed E-state index contributed by atoms with van der Waals surface area (Å²) in [6.45, 7) is 6.65. The molecule has 174 valence electrons. The lowest BCUT2D eigenvalue weighted by Crippen LogP contribution is -2.18. The second-order valence-corrected chi connectivity index (χ2v) is 10.8. The van der Waals surface area contributed by atoms with Crippen molar-refractivity contribution in [3.8, 4) is 0 Å². The van der Waals surface area contributed by atoms with E-state index in [0.717, 1.165) is 24.7 Å². The zero-order chi connectivity index (χ0) is 23.7. The quantitative estimate of drug-likeness (QED) is 0.385. The van der Waals surface area contributed by atoms with Crippen LogP contribution in [0.3, 0.4) is 0 Å². The zero-order valence-electron chi connectivity index (χ0n) is 20.8. The first kappa shape index (κ1) is 22.8. The van der Waals surface area contributed by atoms with E-state index in [1.807, 2.05) is 6.08 Å². The molecule has 0 heterocycles. The zero-order valence-corrected chi connectivity index (χ0v) is 20.8. The number of allylic oxidation sites excluding steroid dienone is 1. The van der Waals surface area contributed by atoms with Gasteiger partial charge in [0.15, 0.2) is 5.78 Å². The maximum Gasteiger partial charge on any atom is 0.163 e. The van der Waals surface area contributed by atoms with Crippen molar-refractivity contribution < 1.29 is 4.79 Å². The molecule has 1 heteroatoms. The Kier molecular flexibility index (Phi) is 6.55. The molecule has 1 nitrogen and oxygen atoms in total. The van der Waals surface area contributed by atoms with Gasteiger partial charge in [0.2, 0.25) is 0 Å². The molecular weight excluding hydrogens is 412 g/mol. The Morgan fingerprint density at radius 3 is 2.29 bits per heavy atom. The van der Waals surface area contributed by atoms with E-state index in [1.54, 1.807) is 6.08 Å². The largest absolute Gasteiger partial charge is 0.294 e. The average molecular weight is 449 g/mol. The second kappa shape index (κ2) is 9.74. The molecule has 0 saturated heterocycles. The molecule has 3 aromatic rings. The summed E-state index contributed by atoms with van der Waals surface area (Å²) in [5.41, 5.74) is 10.3. The lowest BCUT2D eigenvalue weighted by atomic mass is 9.79. The topological polar surface area (TPSA) is 17.1 Å². The molecule has 0 N–H and O–H groups in total. The van der Waals surface area contributed by atoms with Gasteiger partial charge in [-0.2, -0.15) is 0 Å². The molecule has 0 bridgehead atoms. The third-order valence-electron chi connectivity index (χ3n) is 8.10. The molecule has 2 aliphatic rings. The normalized spacial score (nSPS) is 22.0. The maximum atomic E-state index is 12.9. The van der Waals surface area contributed by atoms with E-state index in [2.05, 4.69) is 81.4 Å². The third-order valence-corrected chi connectivity index (χ3v) is 8.10. The summed E-state index contributed by atoms with van der Waals surface area (Å²) in [5, 5.41) is 0. The maximum absolute atomic E-state index is 12.9. The van der Waals surface area contributed by atoms with Crippen molar-refractivity contribution in [1.29, 1.82) is 0 Å². The molecule has 0 spiro atoms. The number of ketones is 1. The van der Waals surface area contributed by atoms with Gasteiger partial charge in [-0.05, 0) is 96.4 Å². The van der Waals surface area contributed by atoms with Crippen LogP contribution in [0.25, 0.3) is 6.08 Å². The van der Waals surface area contributed by atoms with Crippen molar-refractivity contribution in [1.82, 2.24) is 0 Å². The van der Waals surface area contributed by atoms with Crippen molar-refractivity contribution in [2.24, 2.45) is 5.92 Å². The van der Waals surface area contributed by atoms with Crippen LogP contribution in [0.15, 0.2) is 66.7 Å². The Labute approximate surface area is 204 Å². The lowest BCUT2D eigenvalue weighted by molar-refractivity contribution is -0.116. The van der Waals surface area contributed by atoms with Crippen molar-refractivity contribution in [3.05, 3.63) is 111 Å². The number of hydrogen-bond donors (Lipinski definition) is 0. The van der Waals surface area contributed by atoms with Crippen LogP contribution < -0.4 is 0 Å². The second-order valence-electron chi connectivity index (χ2n) is 10.8. The van der Waals surface area contributed by atoms with Crippen LogP contribution in [-0.2, 0) is 17.6 Å². The van der Waals surface area contributed by atoms with Crippen LogP contribution in [0.1, 0.15) is 89.0 Å². The van der Waals surface area contributed by atoms with E-state index < -0.39 is 0 Å². The summed E-state index contributed by atoms with van der Waals surface area (Å²) in [7, 11) is 0. The Bertz CT molecular complexity index is 1210. The first-order valence-corrected chi connectivity index (χ1v) is 13.0. The summed E-state index contributed by atoms with van der Waals surface area (Å²) in [4.78, 5) is 12.9. The van der Waals surface area contributed by atoms with Crippen LogP contribution in [0.5, 0.6) is 0 Å². The highest BCUT2D eigenvalue weighted by Crippen LogP contribution is 2.36. The third kappa shape index (κ3) is 4.94. The Hall–Kier alpha value is -2.93. The van der Waals surface area contributed by atoms with Gasteiger partial charge >= 0.3 is 0 Å². The van der Waals surface area contributed by atoms with Crippen molar-refractivity contribution >= 4 is 11.9 Å². The molecular formula is C33H36O. The Morgan fingerprint density at radius 1 is 0.794 bits per heavy atom. The van der Waals surface area contributed by atoms with E-state index in [-0.39, 0.29) is 11.7 Å². The summed E-state index contributed by atoms with van der Waals surface area (Å²) < 4.78 is 0. The molecule has 0 aromatic heterocycles. The highest BCUT2D eigenvalue weighted by molar-refractivity contribution is 6.02. The highest BCUT2D eigenvalue weighted by Gasteiger charge is 2.25. The number of benzene rings is 3. The number of carbonyl (C=O) groups excluding carboxylic acids is 1. The van der Waals surface area contributed by atoms with E-state index in [9.17, 15) is 4.79 Å². The number of carbonyl (C=O) groups is 1. The van der Waals surface area contributed by atoms with Gasteiger partial charge in [0.1, 0.15) is 0 Å². The van der Waals surface area contributed by atoms with Crippen LogP contribution in [0.4, 0.5) is 0 Å². The molecule has 0 amide bonds. The summed E-state index contributed by atoms with van der Waals surface area (Å²) >= 11 is 0. The fourth-order valence-corrected chi connectivity index (χ4v) is 5.82. The van der Waals surface area contributed by atoms with Crippen LogP contribution in [0, 0.1) is 19.8 Å². The first-order chi connectivity index (χ1) is 16.5. The van der Waals surface area contributed by atoms with Crippen LogP contribution >= 0.6 is 0 Å². The van der Waals surface area contributed by atoms with Gasteiger partial charge in [-0.25, -0.2) is 0 Å². The van der Waals surface area contributed by atoms with Gasteiger partial charge in [0.25, 0.3) is 0 Å².